The van der Waals surface area contributed by atoms with Crippen LogP contribution in [0.25, 0.3) is 0 Å². The van der Waals surface area contributed by atoms with Crippen molar-refractivity contribution in [3.05, 3.63) is 47.8 Å². The standard InChI is InChI=1S/C16H20FN3O/c1-11(18-2)12-3-6-16(15(17)7-12)21-9-14-8-19-10-20(14)13-4-5-13/h3,6-8,10-11,13,18H,4-5,9H2,1-2H3. The third kappa shape index (κ3) is 3.08. The highest BCUT2D eigenvalue weighted by Crippen LogP contribution is 2.35. The molecule has 1 fully saturated rings. The fourth-order valence-electron chi connectivity index (χ4n) is 2.35. The Bertz CT molecular complexity index is 622. The molecule has 1 heterocycles. The molecular weight excluding hydrogens is 269 g/mol. The average Bonchev–Trinajstić information content (AvgIpc) is 3.24. The summed E-state index contributed by atoms with van der Waals surface area (Å²) in [4.78, 5) is 4.15. The molecule has 5 heteroatoms. The van der Waals surface area contributed by atoms with E-state index >= 15 is 0 Å². The Kier molecular flexibility index (Phi) is 3.92. The van der Waals surface area contributed by atoms with Crippen molar-refractivity contribution in [2.75, 3.05) is 7.05 Å². The second-order valence-corrected chi connectivity index (χ2v) is 5.51. The van der Waals surface area contributed by atoms with Crippen LogP contribution in [0.3, 0.4) is 0 Å². The molecule has 0 spiro atoms. The Morgan fingerprint density at radius 1 is 1.48 bits per heavy atom. The largest absolute Gasteiger partial charge is 0.484 e. The molecule has 1 atom stereocenters. The second-order valence-electron chi connectivity index (χ2n) is 5.51. The molecule has 1 aromatic carbocycles. The highest BCUT2D eigenvalue weighted by molar-refractivity contribution is 5.31. The molecule has 1 unspecified atom stereocenters. The van der Waals surface area contributed by atoms with E-state index in [-0.39, 0.29) is 17.6 Å². The zero-order valence-corrected chi connectivity index (χ0v) is 12.3. The van der Waals surface area contributed by atoms with E-state index < -0.39 is 0 Å². The maximum absolute atomic E-state index is 14.1. The minimum Gasteiger partial charge on any atom is -0.484 e. The number of nitrogens with one attached hydrogen (secondary N) is 1. The first-order valence-corrected chi connectivity index (χ1v) is 7.29. The van der Waals surface area contributed by atoms with Crippen LogP contribution in [0.2, 0.25) is 0 Å². The van der Waals surface area contributed by atoms with Crippen molar-refractivity contribution in [3.63, 3.8) is 0 Å². The highest BCUT2D eigenvalue weighted by Gasteiger charge is 2.25. The van der Waals surface area contributed by atoms with Crippen LogP contribution in [0.15, 0.2) is 30.7 Å². The molecule has 21 heavy (non-hydrogen) atoms. The molecule has 1 aliphatic carbocycles. The summed E-state index contributed by atoms with van der Waals surface area (Å²) in [5.41, 5.74) is 1.90. The highest BCUT2D eigenvalue weighted by atomic mass is 19.1. The van der Waals surface area contributed by atoms with Gasteiger partial charge in [-0.1, -0.05) is 6.07 Å². The van der Waals surface area contributed by atoms with E-state index in [4.69, 9.17) is 4.74 Å². The normalized spacial score (nSPS) is 16.0. The molecule has 0 aliphatic heterocycles. The van der Waals surface area contributed by atoms with E-state index in [2.05, 4.69) is 14.9 Å². The third-order valence-electron chi connectivity index (χ3n) is 3.95. The van der Waals surface area contributed by atoms with Crippen LogP contribution in [0.5, 0.6) is 5.75 Å². The van der Waals surface area contributed by atoms with Gasteiger partial charge in [-0.05, 0) is 44.5 Å². The molecule has 0 amide bonds. The molecule has 1 N–H and O–H groups in total. The SMILES string of the molecule is CNC(C)c1ccc(OCc2cncn2C2CC2)c(F)c1. The molecule has 4 nitrogen and oxygen atoms in total. The van der Waals surface area contributed by atoms with Gasteiger partial charge >= 0.3 is 0 Å². The summed E-state index contributed by atoms with van der Waals surface area (Å²) in [5, 5.41) is 3.09. The number of hydrogen-bond donors (Lipinski definition) is 1. The summed E-state index contributed by atoms with van der Waals surface area (Å²) in [6, 6.07) is 5.77. The van der Waals surface area contributed by atoms with Crippen molar-refractivity contribution in [3.8, 4) is 5.75 Å². The van der Waals surface area contributed by atoms with E-state index in [1.165, 1.54) is 18.9 Å². The monoisotopic (exact) mass is 289 g/mol. The molecule has 0 saturated heterocycles. The Morgan fingerprint density at radius 3 is 2.95 bits per heavy atom. The van der Waals surface area contributed by atoms with Gasteiger partial charge in [0.1, 0.15) is 6.61 Å². The van der Waals surface area contributed by atoms with Crippen molar-refractivity contribution in [1.29, 1.82) is 0 Å². The third-order valence-corrected chi connectivity index (χ3v) is 3.95. The topological polar surface area (TPSA) is 39.1 Å². The molecule has 3 rings (SSSR count). The zero-order chi connectivity index (χ0) is 14.8. The van der Waals surface area contributed by atoms with Gasteiger partial charge < -0.3 is 14.6 Å². The first-order chi connectivity index (χ1) is 10.2. The van der Waals surface area contributed by atoms with Crippen molar-refractivity contribution < 1.29 is 9.13 Å². The summed E-state index contributed by atoms with van der Waals surface area (Å²) in [7, 11) is 1.85. The molecule has 1 saturated carbocycles. The van der Waals surface area contributed by atoms with E-state index in [0.717, 1.165) is 11.3 Å². The van der Waals surface area contributed by atoms with Gasteiger partial charge in [0.2, 0.25) is 0 Å². The molecule has 1 aromatic heterocycles. The minimum atomic E-state index is -0.327. The molecule has 2 aromatic rings. The van der Waals surface area contributed by atoms with Gasteiger partial charge in [-0.3, -0.25) is 0 Å². The van der Waals surface area contributed by atoms with Crippen LogP contribution < -0.4 is 10.1 Å². The number of rotatable bonds is 6. The van der Waals surface area contributed by atoms with Gasteiger partial charge in [0.15, 0.2) is 11.6 Å². The summed E-state index contributed by atoms with van der Waals surface area (Å²) in [5.74, 6) is -0.0438. The lowest BCUT2D eigenvalue weighted by molar-refractivity contribution is 0.280. The first-order valence-electron chi connectivity index (χ1n) is 7.29. The van der Waals surface area contributed by atoms with Gasteiger partial charge in [0, 0.05) is 12.1 Å². The summed E-state index contributed by atoms with van der Waals surface area (Å²) < 4.78 is 21.8. The Morgan fingerprint density at radius 2 is 2.29 bits per heavy atom. The summed E-state index contributed by atoms with van der Waals surface area (Å²) >= 11 is 0. The smallest absolute Gasteiger partial charge is 0.165 e. The van der Waals surface area contributed by atoms with Gasteiger partial charge in [0.05, 0.1) is 18.2 Å². The van der Waals surface area contributed by atoms with Crippen LogP contribution in [-0.2, 0) is 6.61 Å². The molecule has 0 radical (unpaired) electrons. The molecule has 0 bridgehead atoms. The number of hydrogen-bond acceptors (Lipinski definition) is 3. The van der Waals surface area contributed by atoms with Crippen LogP contribution >= 0.6 is 0 Å². The number of halogens is 1. The molecule has 1 aliphatic rings. The predicted molar refractivity (Wildman–Crippen MR) is 78.7 cm³/mol. The maximum atomic E-state index is 14.1. The minimum absolute atomic E-state index is 0.116. The lowest BCUT2D eigenvalue weighted by atomic mass is 10.1. The lowest BCUT2D eigenvalue weighted by Crippen LogP contribution is -2.12. The van der Waals surface area contributed by atoms with Crippen LogP contribution in [0, 0.1) is 5.82 Å². The fraction of sp³-hybridized carbons (Fsp3) is 0.438. The Labute approximate surface area is 124 Å². The predicted octanol–water partition coefficient (Wildman–Crippen LogP) is 3.22. The number of nitrogens with zero attached hydrogens (tertiary/aromatic N) is 2. The fourth-order valence-corrected chi connectivity index (χ4v) is 2.35. The summed E-state index contributed by atoms with van der Waals surface area (Å²) in [6.07, 6.45) is 5.99. The number of ether oxygens (including phenoxy) is 1. The van der Waals surface area contributed by atoms with Crippen LogP contribution in [0.4, 0.5) is 4.39 Å². The zero-order valence-electron chi connectivity index (χ0n) is 12.3. The molecule has 112 valence electrons. The van der Waals surface area contributed by atoms with Crippen molar-refractivity contribution in [2.45, 2.75) is 38.5 Å². The number of aromatic nitrogens is 2. The Balaban J connectivity index is 1.68. The van der Waals surface area contributed by atoms with Crippen molar-refractivity contribution in [2.24, 2.45) is 0 Å². The van der Waals surface area contributed by atoms with Crippen LogP contribution in [0.1, 0.15) is 43.1 Å². The van der Waals surface area contributed by atoms with Gasteiger partial charge in [-0.25, -0.2) is 9.37 Å². The van der Waals surface area contributed by atoms with Gasteiger partial charge in [0.25, 0.3) is 0 Å². The van der Waals surface area contributed by atoms with E-state index in [1.54, 1.807) is 12.3 Å². The maximum Gasteiger partial charge on any atom is 0.165 e. The average molecular weight is 289 g/mol. The Hall–Kier alpha value is -1.88. The van der Waals surface area contributed by atoms with Gasteiger partial charge in [-0.15, -0.1) is 0 Å². The van der Waals surface area contributed by atoms with E-state index in [0.29, 0.717) is 12.6 Å². The second kappa shape index (κ2) is 5.85. The van der Waals surface area contributed by atoms with E-state index in [9.17, 15) is 4.39 Å². The summed E-state index contributed by atoms with van der Waals surface area (Å²) in [6.45, 7) is 2.33. The van der Waals surface area contributed by atoms with Crippen LogP contribution in [-0.4, -0.2) is 16.6 Å². The number of benzene rings is 1. The quantitative estimate of drug-likeness (QED) is 0.887. The van der Waals surface area contributed by atoms with Crippen molar-refractivity contribution >= 4 is 0 Å². The van der Waals surface area contributed by atoms with Gasteiger partial charge in [-0.2, -0.15) is 0 Å². The van der Waals surface area contributed by atoms with Crippen molar-refractivity contribution in [1.82, 2.24) is 14.9 Å². The lowest BCUT2D eigenvalue weighted by Gasteiger charge is -2.13. The number of imidazole rings is 1. The first kappa shape index (κ1) is 14.1. The van der Waals surface area contributed by atoms with E-state index in [1.807, 2.05) is 26.4 Å². The molecular formula is C16H20FN3O.